The van der Waals surface area contributed by atoms with E-state index in [-0.39, 0.29) is 6.09 Å². The van der Waals surface area contributed by atoms with Crippen LogP contribution in [0.4, 0.5) is 16.3 Å². The Morgan fingerprint density at radius 3 is 2.61 bits per heavy atom. The Morgan fingerprint density at radius 1 is 1.04 bits per heavy atom. The molecule has 1 saturated heterocycles. The van der Waals surface area contributed by atoms with Crippen molar-refractivity contribution in [1.82, 2.24) is 24.4 Å². The number of imidazole rings is 1. The van der Waals surface area contributed by atoms with Crippen LogP contribution in [0, 0.1) is 12.3 Å². The van der Waals surface area contributed by atoms with Crippen molar-refractivity contribution in [3.8, 4) is 17.2 Å². The standard InChI is InChI=1S/C35H38N6O5/c1-21-16-22(6-11-28(21)45-23-7-10-27-26(17-23)38-20-40(27)5)39-32-29-25(36-19-37-32)9-8-24-30(29)44-18-35(31(24)42)12-14-41(15-13-35)33(43)46-34(2,3)4/h6-11,16-17,19-20,31,42H,12-15,18H2,1-5H3,(H,36,37,39). The topological polar surface area (TPSA) is 124 Å². The minimum atomic E-state index is -0.765. The number of carbonyl (C=O) groups is 1. The molecule has 2 aromatic heterocycles. The molecule has 1 fully saturated rings. The van der Waals surface area contributed by atoms with Crippen molar-refractivity contribution in [2.75, 3.05) is 25.0 Å². The number of ether oxygens (including phenoxy) is 3. The van der Waals surface area contributed by atoms with E-state index >= 15 is 0 Å². The molecule has 1 amide bonds. The van der Waals surface area contributed by atoms with Crippen molar-refractivity contribution in [3.63, 3.8) is 0 Å². The first-order chi connectivity index (χ1) is 22.0. The van der Waals surface area contributed by atoms with Gasteiger partial charge in [0, 0.05) is 42.9 Å². The van der Waals surface area contributed by atoms with Crippen LogP contribution in [-0.2, 0) is 11.8 Å². The van der Waals surface area contributed by atoms with Crippen LogP contribution in [0.3, 0.4) is 0 Å². The lowest BCUT2D eigenvalue weighted by Gasteiger charge is -2.47. The number of aliphatic hydroxyl groups is 1. The summed E-state index contributed by atoms with van der Waals surface area (Å²) in [7, 11) is 1.96. The number of hydrogen-bond donors (Lipinski definition) is 2. The number of anilines is 2. The van der Waals surface area contributed by atoms with Gasteiger partial charge in [-0.2, -0.15) is 0 Å². The molecule has 0 aliphatic carbocycles. The number of amides is 1. The number of hydrogen-bond acceptors (Lipinski definition) is 9. The molecule has 0 radical (unpaired) electrons. The average Bonchev–Trinajstić information content (AvgIpc) is 3.39. The average molecular weight is 623 g/mol. The minimum Gasteiger partial charge on any atom is -0.492 e. The van der Waals surface area contributed by atoms with Crippen LogP contribution in [0.5, 0.6) is 17.2 Å². The molecule has 1 atom stereocenters. The second-order valence-corrected chi connectivity index (χ2v) is 13.3. The van der Waals surface area contributed by atoms with Crippen molar-refractivity contribution >= 4 is 39.5 Å². The number of aromatic nitrogens is 4. The highest BCUT2D eigenvalue weighted by atomic mass is 16.6. The first kappa shape index (κ1) is 29.8. The van der Waals surface area contributed by atoms with E-state index in [1.807, 2.05) is 87.8 Å². The molecular formula is C35H38N6O5. The van der Waals surface area contributed by atoms with Gasteiger partial charge >= 0.3 is 6.09 Å². The molecule has 0 bridgehead atoms. The molecule has 11 heteroatoms. The molecule has 46 heavy (non-hydrogen) atoms. The predicted molar refractivity (Wildman–Crippen MR) is 175 cm³/mol. The number of carbonyl (C=O) groups excluding carboxylic acids is 1. The van der Waals surface area contributed by atoms with E-state index in [0.29, 0.717) is 66.3 Å². The summed E-state index contributed by atoms with van der Waals surface area (Å²) in [5.41, 5.74) is 4.03. The van der Waals surface area contributed by atoms with Gasteiger partial charge in [0.15, 0.2) is 0 Å². The molecule has 4 heterocycles. The number of piperidine rings is 1. The summed E-state index contributed by atoms with van der Waals surface area (Å²) in [5.74, 6) is 2.61. The van der Waals surface area contributed by atoms with E-state index in [1.165, 1.54) is 6.33 Å². The fourth-order valence-electron chi connectivity index (χ4n) is 6.39. The Bertz CT molecular complexity index is 1960. The zero-order valence-corrected chi connectivity index (χ0v) is 26.7. The normalized spacial score (nSPS) is 17.5. The van der Waals surface area contributed by atoms with E-state index in [9.17, 15) is 9.90 Å². The highest BCUT2D eigenvalue weighted by Gasteiger charge is 2.47. The quantitative estimate of drug-likeness (QED) is 0.223. The molecule has 3 aromatic carbocycles. The lowest BCUT2D eigenvalue weighted by Crippen LogP contribution is -2.50. The molecule has 11 nitrogen and oxygen atoms in total. The van der Waals surface area contributed by atoms with Gasteiger partial charge in [-0.25, -0.2) is 19.7 Å². The molecule has 5 aromatic rings. The number of fused-ring (bicyclic) bond motifs is 4. The molecule has 2 aliphatic rings. The lowest BCUT2D eigenvalue weighted by molar-refractivity contribution is -0.0709. The predicted octanol–water partition coefficient (Wildman–Crippen LogP) is 6.80. The maximum absolute atomic E-state index is 12.6. The first-order valence-corrected chi connectivity index (χ1v) is 15.5. The summed E-state index contributed by atoms with van der Waals surface area (Å²) in [6, 6.07) is 15.5. The third-order valence-electron chi connectivity index (χ3n) is 8.94. The van der Waals surface area contributed by atoms with Gasteiger partial charge in [-0.3, -0.25) is 0 Å². The van der Waals surface area contributed by atoms with Gasteiger partial charge in [0.05, 0.1) is 41.0 Å². The van der Waals surface area contributed by atoms with Gasteiger partial charge in [-0.1, -0.05) is 6.07 Å². The van der Waals surface area contributed by atoms with E-state index in [0.717, 1.165) is 28.0 Å². The molecule has 2 aliphatic heterocycles. The number of aliphatic hydroxyl groups excluding tert-OH is 1. The molecule has 238 valence electrons. The highest BCUT2D eigenvalue weighted by molar-refractivity contribution is 5.97. The zero-order chi connectivity index (χ0) is 32.2. The van der Waals surface area contributed by atoms with Crippen LogP contribution in [0.2, 0.25) is 0 Å². The number of likely N-dealkylation sites (tertiary alicyclic amines) is 1. The number of nitrogens with one attached hydrogen (secondary N) is 1. The molecule has 7 rings (SSSR count). The fourth-order valence-corrected chi connectivity index (χ4v) is 6.39. The van der Waals surface area contributed by atoms with Crippen molar-refractivity contribution in [2.24, 2.45) is 12.5 Å². The van der Waals surface area contributed by atoms with Gasteiger partial charge in [0.2, 0.25) is 0 Å². The summed E-state index contributed by atoms with van der Waals surface area (Å²) < 4.78 is 20.2. The number of rotatable bonds is 4. The van der Waals surface area contributed by atoms with Crippen molar-refractivity contribution in [2.45, 2.75) is 52.2 Å². The van der Waals surface area contributed by atoms with E-state index in [2.05, 4.69) is 20.3 Å². The highest BCUT2D eigenvalue weighted by Crippen LogP contribution is 2.51. The largest absolute Gasteiger partial charge is 0.492 e. The Labute approximate surface area is 267 Å². The molecule has 0 saturated carbocycles. The maximum Gasteiger partial charge on any atom is 0.410 e. The van der Waals surface area contributed by atoms with Gasteiger partial charge in [0.1, 0.15) is 35.0 Å². The maximum atomic E-state index is 12.6. The van der Waals surface area contributed by atoms with Gasteiger partial charge in [-0.05, 0) is 82.5 Å². The monoisotopic (exact) mass is 622 g/mol. The Balaban J connectivity index is 1.11. The van der Waals surface area contributed by atoms with Crippen LogP contribution in [0.15, 0.2) is 61.2 Å². The number of benzene rings is 3. The van der Waals surface area contributed by atoms with E-state index in [1.54, 1.807) is 11.2 Å². The molecular weight excluding hydrogens is 584 g/mol. The van der Waals surface area contributed by atoms with Crippen LogP contribution >= 0.6 is 0 Å². The van der Waals surface area contributed by atoms with Crippen molar-refractivity contribution in [3.05, 3.63) is 72.3 Å². The van der Waals surface area contributed by atoms with Crippen molar-refractivity contribution < 1.29 is 24.1 Å². The second kappa shape index (κ2) is 11.2. The fraction of sp³-hybridized carbons (Fsp3) is 0.371. The van der Waals surface area contributed by atoms with E-state index < -0.39 is 17.1 Å². The Morgan fingerprint density at radius 2 is 1.85 bits per heavy atom. The zero-order valence-electron chi connectivity index (χ0n) is 26.7. The van der Waals surface area contributed by atoms with Crippen molar-refractivity contribution in [1.29, 1.82) is 0 Å². The van der Waals surface area contributed by atoms with Gasteiger partial charge < -0.3 is 34.1 Å². The third-order valence-corrected chi connectivity index (χ3v) is 8.94. The second-order valence-electron chi connectivity index (χ2n) is 13.3. The van der Waals surface area contributed by atoms with Crippen LogP contribution in [0.25, 0.3) is 21.9 Å². The lowest BCUT2D eigenvalue weighted by atomic mass is 9.70. The smallest absolute Gasteiger partial charge is 0.410 e. The SMILES string of the molecule is Cc1cc(Nc2ncnc3ccc4c(c23)OCC2(CCN(C(=O)OC(C)(C)C)CC2)C4O)ccc1Oc1ccc2c(c1)ncn2C. The van der Waals surface area contributed by atoms with Gasteiger partial charge in [-0.15, -0.1) is 0 Å². The Hall–Kier alpha value is -4.90. The first-order valence-electron chi connectivity index (χ1n) is 15.5. The van der Waals surface area contributed by atoms with E-state index in [4.69, 9.17) is 14.2 Å². The summed E-state index contributed by atoms with van der Waals surface area (Å²) in [4.78, 5) is 27.8. The Kier molecular flexibility index (Phi) is 7.23. The van der Waals surface area contributed by atoms with Gasteiger partial charge in [0.25, 0.3) is 0 Å². The summed E-state index contributed by atoms with van der Waals surface area (Å²) in [5, 5.41) is 15.9. The molecule has 1 spiro atoms. The van der Waals surface area contributed by atoms with Crippen LogP contribution in [-0.4, -0.2) is 60.9 Å². The third kappa shape index (κ3) is 5.44. The molecule has 1 unspecified atom stereocenters. The molecule has 2 N–H and O–H groups in total. The number of aryl methyl sites for hydroxylation is 2. The number of nitrogens with zero attached hydrogens (tertiary/aromatic N) is 5. The van der Waals surface area contributed by atoms with Crippen LogP contribution < -0.4 is 14.8 Å². The van der Waals surface area contributed by atoms with Crippen LogP contribution in [0.1, 0.15) is 50.8 Å². The summed E-state index contributed by atoms with van der Waals surface area (Å²) in [6.07, 6.45) is 3.42. The summed E-state index contributed by atoms with van der Waals surface area (Å²) in [6.45, 7) is 8.88. The minimum absolute atomic E-state index is 0.325. The summed E-state index contributed by atoms with van der Waals surface area (Å²) >= 11 is 0.